The molecule has 0 fully saturated rings. The van der Waals surface area contributed by atoms with Gasteiger partial charge in [0.2, 0.25) is 0 Å². The SMILES string of the molecule is Cc1ccc(S(=O)(=O)Nc2cc(C)cc(C(=O)O)c2)cc1. The molecule has 0 saturated carbocycles. The molecule has 0 aromatic heterocycles. The number of carboxylic acid groups (broad SMARTS) is 1. The number of hydrogen-bond acceptors (Lipinski definition) is 3. The maximum Gasteiger partial charge on any atom is 0.335 e. The number of anilines is 1. The first-order valence-electron chi connectivity index (χ1n) is 6.22. The van der Waals surface area contributed by atoms with E-state index >= 15 is 0 Å². The van der Waals surface area contributed by atoms with Crippen LogP contribution in [-0.2, 0) is 10.0 Å². The van der Waals surface area contributed by atoms with Crippen LogP contribution in [0.15, 0.2) is 47.4 Å². The first-order valence-corrected chi connectivity index (χ1v) is 7.71. The number of carboxylic acids is 1. The Morgan fingerprint density at radius 2 is 1.62 bits per heavy atom. The van der Waals surface area contributed by atoms with E-state index < -0.39 is 16.0 Å². The van der Waals surface area contributed by atoms with Gasteiger partial charge in [0, 0.05) is 5.69 Å². The van der Waals surface area contributed by atoms with E-state index in [-0.39, 0.29) is 16.1 Å². The van der Waals surface area contributed by atoms with Crippen molar-refractivity contribution >= 4 is 21.7 Å². The van der Waals surface area contributed by atoms with Gasteiger partial charge in [0.25, 0.3) is 10.0 Å². The highest BCUT2D eigenvalue weighted by molar-refractivity contribution is 7.92. The zero-order valence-electron chi connectivity index (χ0n) is 11.6. The first-order chi connectivity index (χ1) is 9.78. The van der Waals surface area contributed by atoms with Gasteiger partial charge in [0.15, 0.2) is 0 Å². The van der Waals surface area contributed by atoms with Gasteiger partial charge in [0.05, 0.1) is 10.5 Å². The lowest BCUT2D eigenvalue weighted by molar-refractivity contribution is 0.0697. The van der Waals surface area contributed by atoms with E-state index in [9.17, 15) is 13.2 Å². The lowest BCUT2D eigenvalue weighted by Gasteiger charge is -2.10. The Morgan fingerprint density at radius 1 is 1.00 bits per heavy atom. The van der Waals surface area contributed by atoms with Crippen molar-refractivity contribution in [1.29, 1.82) is 0 Å². The molecule has 110 valence electrons. The van der Waals surface area contributed by atoms with Crippen LogP contribution in [0.5, 0.6) is 0 Å². The minimum atomic E-state index is -3.73. The molecule has 0 unspecified atom stereocenters. The van der Waals surface area contributed by atoms with Gasteiger partial charge in [-0.3, -0.25) is 4.72 Å². The maximum atomic E-state index is 12.2. The summed E-state index contributed by atoms with van der Waals surface area (Å²) in [7, 11) is -3.73. The summed E-state index contributed by atoms with van der Waals surface area (Å²) in [6.07, 6.45) is 0. The molecule has 2 N–H and O–H groups in total. The van der Waals surface area contributed by atoms with Crippen molar-refractivity contribution < 1.29 is 18.3 Å². The second-order valence-electron chi connectivity index (χ2n) is 4.81. The fraction of sp³-hybridized carbons (Fsp3) is 0.133. The highest BCUT2D eigenvalue weighted by atomic mass is 32.2. The molecule has 0 spiro atoms. The van der Waals surface area contributed by atoms with Gasteiger partial charge in [-0.1, -0.05) is 17.7 Å². The molecule has 2 aromatic carbocycles. The summed E-state index contributed by atoms with van der Waals surface area (Å²) in [5, 5.41) is 9.00. The summed E-state index contributed by atoms with van der Waals surface area (Å²) in [4.78, 5) is 11.1. The van der Waals surface area contributed by atoms with Gasteiger partial charge < -0.3 is 5.11 Å². The molecule has 2 rings (SSSR count). The maximum absolute atomic E-state index is 12.2. The van der Waals surface area contributed by atoms with Crippen LogP contribution in [0, 0.1) is 13.8 Å². The lowest BCUT2D eigenvalue weighted by Crippen LogP contribution is -2.13. The second-order valence-corrected chi connectivity index (χ2v) is 6.49. The molecule has 0 saturated heterocycles. The average molecular weight is 305 g/mol. The minimum Gasteiger partial charge on any atom is -0.478 e. The molecule has 0 amide bonds. The van der Waals surface area contributed by atoms with Crippen molar-refractivity contribution in [3.63, 3.8) is 0 Å². The van der Waals surface area contributed by atoms with Gasteiger partial charge in [-0.25, -0.2) is 13.2 Å². The standard InChI is InChI=1S/C15H15NO4S/c1-10-3-5-14(6-4-10)21(19,20)16-13-8-11(2)7-12(9-13)15(17)18/h3-9,16H,1-2H3,(H,17,18). The number of hydrogen-bond donors (Lipinski definition) is 2. The van der Waals surface area contributed by atoms with Gasteiger partial charge in [0.1, 0.15) is 0 Å². The zero-order valence-corrected chi connectivity index (χ0v) is 12.4. The van der Waals surface area contributed by atoms with Crippen LogP contribution in [0.3, 0.4) is 0 Å². The number of nitrogens with one attached hydrogen (secondary N) is 1. The third-order valence-corrected chi connectivity index (χ3v) is 4.30. The summed E-state index contributed by atoms with van der Waals surface area (Å²) in [6, 6.07) is 10.8. The summed E-state index contributed by atoms with van der Waals surface area (Å²) >= 11 is 0. The highest BCUT2D eigenvalue weighted by Crippen LogP contribution is 2.19. The molecule has 21 heavy (non-hydrogen) atoms. The quantitative estimate of drug-likeness (QED) is 0.909. The third kappa shape index (κ3) is 3.61. The largest absolute Gasteiger partial charge is 0.478 e. The Bertz CT molecular complexity index is 780. The predicted molar refractivity (Wildman–Crippen MR) is 80.1 cm³/mol. The van der Waals surface area contributed by atoms with Crippen molar-refractivity contribution in [2.24, 2.45) is 0 Å². The van der Waals surface area contributed by atoms with Crippen molar-refractivity contribution in [2.45, 2.75) is 18.7 Å². The summed E-state index contributed by atoms with van der Waals surface area (Å²) in [5.41, 5.74) is 1.89. The Hall–Kier alpha value is -2.34. The van der Waals surface area contributed by atoms with Crippen LogP contribution in [0.2, 0.25) is 0 Å². The van der Waals surface area contributed by atoms with Gasteiger partial charge in [-0.05, 0) is 49.7 Å². The van der Waals surface area contributed by atoms with Crippen LogP contribution >= 0.6 is 0 Å². The van der Waals surface area contributed by atoms with Crippen LogP contribution in [0.25, 0.3) is 0 Å². The Balaban J connectivity index is 2.36. The molecular formula is C15H15NO4S. The normalized spacial score (nSPS) is 11.1. The summed E-state index contributed by atoms with van der Waals surface area (Å²) in [5.74, 6) is -1.10. The van der Waals surface area contributed by atoms with E-state index in [1.165, 1.54) is 24.3 Å². The molecule has 6 heteroatoms. The van der Waals surface area contributed by atoms with E-state index in [0.717, 1.165) is 5.56 Å². The molecule has 0 aliphatic heterocycles. The lowest BCUT2D eigenvalue weighted by atomic mass is 10.1. The van der Waals surface area contributed by atoms with E-state index in [1.807, 2.05) is 6.92 Å². The van der Waals surface area contributed by atoms with Crippen molar-refractivity contribution in [3.8, 4) is 0 Å². The molecule has 0 atom stereocenters. The molecule has 5 nitrogen and oxygen atoms in total. The van der Waals surface area contributed by atoms with E-state index in [4.69, 9.17) is 5.11 Å². The topological polar surface area (TPSA) is 83.5 Å². The van der Waals surface area contributed by atoms with Gasteiger partial charge >= 0.3 is 5.97 Å². The van der Waals surface area contributed by atoms with Crippen LogP contribution in [-0.4, -0.2) is 19.5 Å². The number of aryl methyl sites for hydroxylation is 2. The van der Waals surface area contributed by atoms with Crippen molar-refractivity contribution in [2.75, 3.05) is 4.72 Å². The summed E-state index contributed by atoms with van der Waals surface area (Å²) in [6.45, 7) is 3.57. The fourth-order valence-corrected chi connectivity index (χ4v) is 2.94. The van der Waals surface area contributed by atoms with Gasteiger partial charge in [-0.15, -0.1) is 0 Å². The number of sulfonamides is 1. The molecule has 2 aromatic rings. The Labute approximate surface area is 123 Å². The van der Waals surface area contributed by atoms with Gasteiger partial charge in [-0.2, -0.15) is 0 Å². The van der Waals surface area contributed by atoms with Crippen molar-refractivity contribution in [1.82, 2.24) is 0 Å². The molecule has 0 aliphatic carbocycles. The number of aromatic carboxylic acids is 1. The number of benzene rings is 2. The van der Waals surface area contributed by atoms with Crippen LogP contribution in [0.1, 0.15) is 21.5 Å². The minimum absolute atomic E-state index is 0.0385. The smallest absolute Gasteiger partial charge is 0.335 e. The highest BCUT2D eigenvalue weighted by Gasteiger charge is 2.15. The van der Waals surface area contributed by atoms with Crippen LogP contribution in [0.4, 0.5) is 5.69 Å². The predicted octanol–water partition coefficient (Wildman–Crippen LogP) is 2.80. The monoisotopic (exact) mass is 305 g/mol. The van der Waals surface area contributed by atoms with E-state index in [2.05, 4.69) is 4.72 Å². The fourth-order valence-electron chi connectivity index (χ4n) is 1.90. The molecule has 0 heterocycles. The number of carbonyl (C=O) groups is 1. The Morgan fingerprint density at radius 3 is 2.19 bits per heavy atom. The van der Waals surface area contributed by atoms with E-state index in [0.29, 0.717) is 5.56 Å². The second kappa shape index (κ2) is 5.57. The molecule has 0 aliphatic rings. The molecule has 0 bridgehead atoms. The average Bonchev–Trinajstić information content (AvgIpc) is 2.37. The third-order valence-electron chi connectivity index (χ3n) is 2.91. The van der Waals surface area contributed by atoms with E-state index in [1.54, 1.807) is 25.1 Å². The zero-order chi connectivity index (χ0) is 15.6. The molecular weight excluding hydrogens is 290 g/mol. The number of rotatable bonds is 4. The molecule has 0 radical (unpaired) electrons. The van der Waals surface area contributed by atoms with Crippen molar-refractivity contribution in [3.05, 3.63) is 59.2 Å². The first kappa shape index (κ1) is 15.1. The Kier molecular flexibility index (Phi) is 3.99. The van der Waals surface area contributed by atoms with Crippen LogP contribution < -0.4 is 4.72 Å². The summed E-state index contributed by atoms with van der Waals surface area (Å²) < 4.78 is 26.9.